The Kier molecular flexibility index (Phi) is 7.58. The summed E-state index contributed by atoms with van der Waals surface area (Å²) in [5.74, 6) is 0.358. The Morgan fingerprint density at radius 1 is 1.21 bits per heavy atom. The lowest BCUT2D eigenvalue weighted by atomic mass is 9.88. The van der Waals surface area contributed by atoms with E-state index in [9.17, 15) is 9.00 Å². The van der Waals surface area contributed by atoms with Crippen LogP contribution in [0.15, 0.2) is 6.07 Å². The molecule has 158 valence electrons. The number of aromatic nitrogens is 2. The molecule has 0 aromatic carbocycles. The van der Waals surface area contributed by atoms with Gasteiger partial charge in [-0.15, -0.1) is 10.2 Å². The normalized spacial score (nSPS) is 18.5. The molecule has 1 saturated heterocycles. The van der Waals surface area contributed by atoms with Gasteiger partial charge in [-0.2, -0.15) is 0 Å². The van der Waals surface area contributed by atoms with Gasteiger partial charge in [0.05, 0.1) is 21.8 Å². The van der Waals surface area contributed by atoms with Crippen LogP contribution < -0.4 is 10.0 Å². The number of hydrogen-bond acceptors (Lipinski definition) is 5. The minimum Gasteiger partial charge on any atom is -0.381 e. The maximum atomic E-state index is 12.8. The van der Waals surface area contributed by atoms with Gasteiger partial charge >= 0.3 is 0 Å². The molecule has 0 aliphatic carbocycles. The Balaban J connectivity index is 2.36. The lowest BCUT2D eigenvalue weighted by molar-refractivity contribution is -0.123. The third-order valence-corrected chi connectivity index (χ3v) is 6.44. The van der Waals surface area contributed by atoms with Crippen LogP contribution in [0.5, 0.6) is 0 Å². The van der Waals surface area contributed by atoms with E-state index in [1.807, 2.05) is 41.5 Å². The number of anilines is 1. The first-order valence-electron chi connectivity index (χ1n) is 9.50. The molecule has 1 amide bonds. The van der Waals surface area contributed by atoms with E-state index in [2.05, 4.69) is 20.2 Å². The third kappa shape index (κ3) is 6.20. The number of halogens is 1. The Labute approximate surface area is 174 Å². The van der Waals surface area contributed by atoms with Gasteiger partial charge in [-0.1, -0.05) is 32.4 Å². The predicted molar refractivity (Wildman–Crippen MR) is 112 cm³/mol. The van der Waals surface area contributed by atoms with Crippen LogP contribution in [0.3, 0.4) is 0 Å². The molecule has 28 heavy (non-hydrogen) atoms. The lowest BCUT2D eigenvalue weighted by Gasteiger charge is -2.33. The van der Waals surface area contributed by atoms with Crippen LogP contribution in [0, 0.1) is 11.3 Å². The monoisotopic (exact) mass is 430 g/mol. The number of nitrogens with one attached hydrogen (secondary N) is 2. The van der Waals surface area contributed by atoms with Crippen molar-refractivity contribution in [3.05, 3.63) is 16.8 Å². The fourth-order valence-electron chi connectivity index (χ4n) is 2.73. The van der Waals surface area contributed by atoms with Gasteiger partial charge in [0.25, 0.3) is 0 Å². The fraction of sp³-hybridized carbons (Fsp3) is 0.737. The molecule has 1 aromatic rings. The summed E-state index contributed by atoms with van der Waals surface area (Å²) in [7, 11) is -1.29. The van der Waals surface area contributed by atoms with Crippen LogP contribution in [-0.4, -0.2) is 38.3 Å². The van der Waals surface area contributed by atoms with Crippen molar-refractivity contribution in [3.63, 3.8) is 0 Å². The molecule has 2 heterocycles. The Morgan fingerprint density at radius 2 is 1.82 bits per heavy atom. The van der Waals surface area contributed by atoms with E-state index in [-0.39, 0.29) is 23.0 Å². The molecule has 7 nitrogen and oxygen atoms in total. The minimum absolute atomic E-state index is 0.163. The average molecular weight is 431 g/mol. The first-order chi connectivity index (χ1) is 12.9. The number of ether oxygens (including phenoxy) is 1. The van der Waals surface area contributed by atoms with Gasteiger partial charge in [-0.25, -0.2) is 8.93 Å². The second-order valence-electron chi connectivity index (χ2n) is 9.11. The van der Waals surface area contributed by atoms with Gasteiger partial charge in [-0.05, 0) is 45.6 Å². The number of amides is 1. The quantitative estimate of drug-likeness (QED) is 0.743. The van der Waals surface area contributed by atoms with Gasteiger partial charge in [0.2, 0.25) is 5.91 Å². The van der Waals surface area contributed by atoms with Crippen molar-refractivity contribution in [2.75, 3.05) is 18.5 Å². The van der Waals surface area contributed by atoms with Crippen LogP contribution in [0.4, 0.5) is 5.82 Å². The van der Waals surface area contributed by atoms with Crippen LogP contribution in [0.1, 0.15) is 66.0 Å². The first-order valence-corrected chi connectivity index (χ1v) is 11.0. The second-order valence-corrected chi connectivity index (χ2v) is 11.5. The van der Waals surface area contributed by atoms with Gasteiger partial charge in [-0.3, -0.25) is 4.79 Å². The molecule has 0 saturated carbocycles. The Bertz CT molecular complexity index is 725. The lowest BCUT2D eigenvalue weighted by Crippen LogP contribution is -2.40. The third-order valence-electron chi connectivity index (χ3n) is 4.56. The summed E-state index contributed by atoms with van der Waals surface area (Å²) in [6, 6.07) is 1.45. The van der Waals surface area contributed by atoms with Crippen molar-refractivity contribution in [2.24, 2.45) is 11.3 Å². The topological polar surface area (TPSA) is 93.2 Å². The highest BCUT2D eigenvalue weighted by molar-refractivity contribution is 7.84. The molecule has 1 aromatic heterocycles. The summed E-state index contributed by atoms with van der Waals surface area (Å²) < 4.78 is 21.1. The van der Waals surface area contributed by atoms with E-state index in [1.54, 1.807) is 6.07 Å². The SMILES string of the molecule is CC(C)(C)C(=O)Nc1cc([C@H](NS(=O)C(C)(C)C)C2CCOCC2)c(Cl)nn1. The number of carbonyl (C=O) groups is 1. The van der Waals surface area contributed by atoms with E-state index < -0.39 is 21.1 Å². The molecular weight excluding hydrogens is 400 g/mol. The molecule has 2 rings (SSSR count). The van der Waals surface area contributed by atoms with E-state index in [1.165, 1.54) is 0 Å². The fourth-order valence-corrected chi connectivity index (χ4v) is 3.84. The largest absolute Gasteiger partial charge is 0.381 e. The maximum Gasteiger partial charge on any atom is 0.230 e. The molecule has 0 radical (unpaired) electrons. The van der Waals surface area contributed by atoms with Gasteiger partial charge in [0.15, 0.2) is 11.0 Å². The predicted octanol–water partition coefficient (Wildman–Crippen LogP) is 3.63. The molecule has 2 atom stereocenters. The van der Waals surface area contributed by atoms with E-state index >= 15 is 0 Å². The van der Waals surface area contributed by atoms with E-state index in [0.29, 0.717) is 24.6 Å². The summed E-state index contributed by atoms with van der Waals surface area (Å²) in [6.07, 6.45) is 1.64. The molecular formula is C19H31ClN4O3S. The Hall–Kier alpha value is -1.09. The summed E-state index contributed by atoms with van der Waals surface area (Å²) in [5.41, 5.74) is 0.124. The van der Waals surface area contributed by atoms with Crippen molar-refractivity contribution in [1.29, 1.82) is 0 Å². The standard InChI is InChI=1S/C19H31ClN4O3S/c1-18(2,3)17(25)21-14-11-13(16(20)23-22-14)15(12-7-9-27-10-8-12)24-28(26)19(4,5)6/h11-12,15,24H,7-10H2,1-6H3,(H,21,22,25)/t15-,28?/m1/s1. The van der Waals surface area contributed by atoms with Crippen LogP contribution in [0.2, 0.25) is 5.15 Å². The molecule has 9 heteroatoms. The van der Waals surface area contributed by atoms with Crippen molar-refractivity contribution < 1.29 is 13.7 Å². The molecule has 2 N–H and O–H groups in total. The zero-order chi connectivity index (χ0) is 21.1. The van der Waals surface area contributed by atoms with Crippen LogP contribution in [-0.2, 0) is 20.5 Å². The zero-order valence-electron chi connectivity index (χ0n) is 17.5. The number of nitrogens with zero attached hydrogens (tertiary/aromatic N) is 2. The molecule has 0 spiro atoms. The molecule has 1 fully saturated rings. The number of carbonyl (C=O) groups excluding carboxylic acids is 1. The number of hydrogen-bond donors (Lipinski definition) is 2. The highest BCUT2D eigenvalue weighted by Gasteiger charge is 2.32. The van der Waals surface area contributed by atoms with Crippen molar-refractivity contribution in [1.82, 2.24) is 14.9 Å². The second kappa shape index (κ2) is 9.15. The van der Waals surface area contributed by atoms with E-state index in [0.717, 1.165) is 12.8 Å². The summed E-state index contributed by atoms with van der Waals surface area (Å²) in [5, 5.41) is 11.1. The minimum atomic E-state index is -1.29. The maximum absolute atomic E-state index is 12.8. The summed E-state index contributed by atoms with van der Waals surface area (Å²) in [6.45, 7) is 12.5. The molecule has 1 aliphatic heterocycles. The molecule has 0 bridgehead atoms. The summed E-state index contributed by atoms with van der Waals surface area (Å²) >= 11 is 6.38. The number of rotatable bonds is 5. The Morgan fingerprint density at radius 3 is 2.36 bits per heavy atom. The highest BCUT2D eigenvalue weighted by Crippen LogP contribution is 2.35. The van der Waals surface area contributed by atoms with Crippen molar-refractivity contribution >= 4 is 34.3 Å². The average Bonchev–Trinajstić information content (AvgIpc) is 2.60. The summed E-state index contributed by atoms with van der Waals surface area (Å²) in [4.78, 5) is 12.3. The van der Waals surface area contributed by atoms with Gasteiger partial charge in [0, 0.05) is 24.2 Å². The van der Waals surface area contributed by atoms with Gasteiger partial charge < -0.3 is 10.1 Å². The first kappa shape index (κ1) is 23.2. The highest BCUT2D eigenvalue weighted by atomic mass is 35.5. The smallest absolute Gasteiger partial charge is 0.230 e. The molecule has 1 aliphatic rings. The van der Waals surface area contributed by atoms with Gasteiger partial charge in [0.1, 0.15) is 0 Å². The van der Waals surface area contributed by atoms with Crippen molar-refractivity contribution in [2.45, 2.75) is 65.2 Å². The molecule has 1 unspecified atom stereocenters. The van der Waals surface area contributed by atoms with E-state index in [4.69, 9.17) is 16.3 Å². The van der Waals surface area contributed by atoms with Crippen molar-refractivity contribution in [3.8, 4) is 0 Å². The van der Waals surface area contributed by atoms with Crippen LogP contribution in [0.25, 0.3) is 0 Å². The van der Waals surface area contributed by atoms with Crippen LogP contribution >= 0.6 is 11.6 Å². The zero-order valence-corrected chi connectivity index (χ0v) is 19.0.